The third kappa shape index (κ3) is 2.88. The van der Waals surface area contributed by atoms with Crippen molar-refractivity contribution >= 4 is 9.84 Å². The monoisotopic (exact) mass is 333 g/mol. The number of benzene rings is 1. The number of halogens is 3. The molecule has 1 aromatic rings. The number of alkyl halides is 3. The standard InChI is InChI=1S/C15H18F3NO2S/c1-22(20,21)13-3-2-10(5-12(13)15(16,17)18)4-11-6-14(7-11)8-19-9-14/h2-3,5,11,19H,4,6-9H2,1H3. The summed E-state index contributed by atoms with van der Waals surface area (Å²) in [6, 6.07) is 3.60. The van der Waals surface area contributed by atoms with Crippen LogP contribution in [0.1, 0.15) is 24.0 Å². The Balaban J connectivity index is 1.81. The zero-order chi connectivity index (χ0) is 16.2. The number of nitrogens with one attached hydrogen (secondary N) is 1. The molecule has 0 aromatic heterocycles. The molecular weight excluding hydrogens is 315 g/mol. The second-order valence-corrected chi connectivity index (χ2v) is 8.67. The Kier molecular flexibility index (Phi) is 3.56. The van der Waals surface area contributed by atoms with Gasteiger partial charge in [-0.05, 0) is 48.3 Å². The fourth-order valence-electron chi connectivity index (χ4n) is 3.66. The van der Waals surface area contributed by atoms with E-state index in [1.165, 1.54) is 6.07 Å². The highest BCUT2D eigenvalue weighted by atomic mass is 32.2. The summed E-state index contributed by atoms with van der Waals surface area (Å²) in [6.45, 7) is 2.01. The first-order valence-electron chi connectivity index (χ1n) is 7.20. The van der Waals surface area contributed by atoms with Crippen LogP contribution in [0.15, 0.2) is 23.1 Å². The van der Waals surface area contributed by atoms with Gasteiger partial charge in [0.1, 0.15) is 0 Å². The van der Waals surface area contributed by atoms with Gasteiger partial charge in [0.2, 0.25) is 0 Å². The van der Waals surface area contributed by atoms with E-state index in [-0.39, 0.29) is 0 Å². The Hall–Kier alpha value is -1.08. The summed E-state index contributed by atoms with van der Waals surface area (Å²) in [6.07, 6.45) is -1.21. The van der Waals surface area contributed by atoms with Crippen molar-refractivity contribution in [2.75, 3.05) is 19.3 Å². The van der Waals surface area contributed by atoms with E-state index < -0.39 is 26.5 Å². The molecule has 22 heavy (non-hydrogen) atoms. The van der Waals surface area contributed by atoms with Crippen molar-refractivity contribution in [3.63, 3.8) is 0 Å². The first-order valence-corrected chi connectivity index (χ1v) is 9.09. The van der Waals surface area contributed by atoms with Crippen molar-refractivity contribution in [1.29, 1.82) is 0 Å². The average Bonchev–Trinajstić information content (AvgIpc) is 2.28. The summed E-state index contributed by atoms with van der Waals surface area (Å²) in [7, 11) is -3.90. The lowest BCUT2D eigenvalue weighted by atomic mass is 9.57. The molecule has 1 spiro atoms. The molecule has 0 amide bonds. The van der Waals surface area contributed by atoms with E-state index in [0.29, 0.717) is 23.3 Å². The van der Waals surface area contributed by atoms with Crippen LogP contribution in [0.3, 0.4) is 0 Å². The number of sulfone groups is 1. The minimum atomic E-state index is -4.66. The minimum Gasteiger partial charge on any atom is -0.316 e. The molecule has 1 aromatic carbocycles. The van der Waals surface area contributed by atoms with Gasteiger partial charge in [-0.15, -0.1) is 0 Å². The summed E-state index contributed by atoms with van der Waals surface area (Å²) >= 11 is 0. The third-order valence-corrected chi connectivity index (χ3v) is 5.87. The number of hydrogen-bond donors (Lipinski definition) is 1. The highest BCUT2D eigenvalue weighted by Crippen LogP contribution is 2.49. The average molecular weight is 333 g/mol. The lowest BCUT2D eigenvalue weighted by Crippen LogP contribution is -2.60. The quantitative estimate of drug-likeness (QED) is 0.925. The van der Waals surface area contributed by atoms with Crippen molar-refractivity contribution in [2.24, 2.45) is 11.3 Å². The van der Waals surface area contributed by atoms with Crippen molar-refractivity contribution in [3.05, 3.63) is 29.3 Å². The molecule has 3 rings (SSSR count). The Morgan fingerprint density at radius 3 is 2.36 bits per heavy atom. The molecule has 0 radical (unpaired) electrons. The maximum Gasteiger partial charge on any atom is 0.417 e. The predicted molar refractivity (Wildman–Crippen MR) is 76.3 cm³/mol. The smallest absolute Gasteiger partial charge is 0.316 e. The van der Waals surface area contributed by atoms with Gasteiger partial charge in [-0.3, -0.25) is 0 Å². The summed E-state index contributed by atoms with van der Waals surface area (Å²) in [4.78, 5) is -0.642. The highest BCUT2D eigenvalue weighted by Gasteiger charge is 2.48. The van der Waals surface area contributed by atoms with Gasteiger partial charge in [0.15, 0.2) is 9.84 Å². The van der Waals surface area contributed by atoms with E-state index in [1.807, 2.05) is 0 Å². The Morgan fingerprint density at radius 1 is 1.27 bits per heavy atom. The molecule has 1 saturated carbocycles. The molecular formula is C15H18F3NO2S. The maximum atomic E-state index is 13.1. The second kappa shape index (κ2) is 4.96. The zero-order valence-corrected chi connectivity index (χ0v) is 13.0. The van der Waals surface area contributed by atoms with Gasteiger partial charge in [-0.25, -0.2) is 8.42 Å². The topological polar surface area (TPSA) is 46.2 Å². The van der Waals surface area contributed by atoms with E-state index in [0.717, 1.165) is 44.3 Å². The second-order valence-electron chi connectivity index (χ2n) is 6.68. The van der Waals surface area contributed by atoms with Crippen LogP contribution in [-0.2, 0) is 22.4 Å². The Bertz CT molecular complexity index is 685. The molecule has 2 fully saturated rings. The van der Waals surface area contributed by atoms with E-state index in [9.17, 15) is 21.6 Å². The van der Waals surface area contributed by atoms with Crippen molar-refractivity contribution < 1.29 is 21.6 Å². The lowest BCUT2D eigenvalue weighted by Gasteiger charge is -2.54. The largest absolute Gasteiger partial charge is 0.417 e. The molecule has 0 bridgehead atoms. The van der Waals surface area contributed by atoms with Crippen molar-refractivity contribution in [3.8, 4) is 0 Å². The van der Waals surface area contributed by atoms with Crippen LogP contribution in [0.25, 0.3) is 0 Å². The summed E-state index contributed by atoms with van der Waals surface area (Å²) in [5.74, 6) is 0.396. The molecule has 0 atom stereocenters. The first kappa shape index (κ1) is 15.8. The summed E-state index contributed by atoms with van der Waals surface area (Å²) < 4.78 is 62.4. The maximum absolute atomic E-state index is 13.1. The molecule has 1 N–H and O–H groups in total. The Labute approximate surface area is 127 Å². The van der Waals surface area contributed by atoms with Crippen molar-refractivity contribution in [1.82, 2.24) is 5.32 Å². The molecule has 7 heteroatoms. The van der Waals surface area contributed by atoms with Gasteiger partial charge < -0.3 is 5.32 Å². The van der Waals surface area contributed by atoms with Gasteiger partial charge >= 0.3 is 6.18 Å². The van der Waals surface area contributed by atoms with Gasteiger partial charge in [0.05, 0.1) is 10.5 Å². The normalized spacial score (nSPS) is 21.5. The number of hydrogen-bond acceptors (Lipinski definition) is 3. The molecule has 3 nitrogen and oxygen atoms in total. The van der Waals surface area contributed by atoms with Gasteiger partial charge in [-0.2, -0.15) is 13.2 Å². The fourth-order valence-corrected chi connectivity index (χ4v) is 4.55. The summed E-state index contributed by atoms with van der Waals surface area (Å²) in [5, 5.41) is 3.23. The minimum absolute atomic E-state index is 0.379. The van der Waals surface area contributed by atoms with Crippen LogP contribution in [0.2, 0.25) is 0 Å². The Morgan fingerprint density at radius 2 is 1.91 bits per heavy atom. The molecule has 1 heterocycles. The van der Waals surface area contributed by atoms with Gasteiger partial charge in [-0.1, -0.05) is 6.07 Å². The molecule has 2 aliphatic rings. The zero-order valence-electron chi connectivity index (χ0n) is 12.2. The van der Waals surface area contributed by atoms with E-state index in [1.54, 1.807) is 0 Å². The number of rotatable bonds is 3. The molecule has 122 valence electrons. The third-order valence-electron chi connectivity index (χ3n) is 4.72. The van der Waals surface area contributed by atoms with E-state index in [4.69, 9.17) is 0 Å². The van der Waals surface area contributed by atoms with Crippen LogP contribution in [0.4, 0.5) is 13.2 Å². The molecule has 0 unspecified atom stereocenters. The van der Waals surface area contributed by atoms with Gasteiger partial charge in [0.25, 0.3) is 0 Å². The van der Waals surface area contributed by atoms with E-state index >= 15 is 0 Å². The van der Waals surface area contributed by atoms with Gasteiger partial charge in [0, 0.05) is 19.3 Å². The van der Waals surface area contributed by atoms with Crippen LogP contribution in [-0.4, -0.2) is 27.8 Å². The van der Waals surface area contributed by atoms with Crippen LogP contribution in [0.5, 0.6) is 0 Å². The van der Waals surface area contributed by atoms with Crippen LogP contribution in [0, 0.1) is 11.3 Å². The van der Waals surface area contributed by atoms with Crippen LogP contribution < -0.4 is 5.32 Å². The SMILES string of the molecule is CS(=O)(=O)c1ccc(CC2CC3(CNC3)C2)cc1C(F)(F)F. The highest BCUT2D eigenvalue weighted by molar-refractivity contribution is 7.90. The van der Waals surface area contributed by atoms with E-state index in [2.05, 4.69) is 5.32 Å². The van der Waals surface area contributed by atoms with Crippen molar-refractivity contribution in [2.45, 2.75) is 30.3 Å². The predicted octanol–water partition coefficient (Wildman–Crippen LogP) is 2.65. The molecule has 1 saturated heterocycles. The summed E-state index contributed by atoms with van der Waals surface area (Å²) in [5.41, 5.74) is -0.108. The first-order chi connectivity index (χ1) is 10.1. The van der Waals surface area contributed by atoms with Crippen LogP contribution >= 0.6 is 0 Å². The molecule has 1 aliphatic heterocycles. The fraction of sp³-hybridized carbons (Fsp3) is 0.600. The lowest BCUT2D eigenvalue weighted by molar-refractivity contribution is -0.139. The molecule has 1 aliphatic carbocycles.